The average molecular weight is 233 g/mol. The Morgan fingerprint density at radius 1 is 1.38 bits per heavy atom. The Hall–Kier alpha value is -1.55. The zero-order valence-corrected chi connectivity index (χ0v) is 9.45. The van der Waals surface area contributed by atoms with Crippen molar-refractivity contribution in [2.24, 2.45) is 0 Å². The molecular weight excluding hydrogens is 222 g/mol. The lowest BCUT2D eigenvalue weighted by atomic mass is 10.0. The van der Waals surface area contributed by atoms with Crippen LogP contribution in [-0.2, 0) is 11.2 Å². The number of rotatable bonds is 3. The SMILES string of the molecule is O=C(CS)Cc1ccc(O)c2ncccc12. The lowest BCUT2D eigenvalue weighted by Gasteiger charge is -2.05. The van der Waals surface area contributed by atoms with Crippen molar-refractivity contribution in [1.82, 2.24) is 4.98 Å². The fourth-order valence-corrected chi connectivity index (χ4v) is 1.75. The molecule has 82 valence electrons. The number of carbonyl (C=O) groups excluding carboxylic acids is 1. The van der Waals surface area contributed by atoms with Crippen LogP contribution in [0.3, 0.4) is 0 Å². The van der Waals surface area contributed by atoms with Crippen molar-refractivity contribution in [1.29, 1.82) is 0 Å². The van der Waals surface area contributed by atoms with Gasteiger partial charge in [-0.3, -0.25) is 9.78 Å². The summed E-state index contributed by atoms with van der Waals surface area (Å²) in [6, 6.07) is 6.96. The minimum atomic E-state index is 0.0548. The highest BCUT2D eigenvalue weighted by molar-refractivity contribution is 7.81. The summed E-state index contributed by atoms with van der Waals surface area (Å²) < 4.78 is 0. The predicted molar refractivity (Wildman–Crippen MR) is 66.0 cm³/mol. The Bertz CT molecular complexity index is 540. The van der Waals surface area contributed by atoms with E-state index in [0.717, 1.165) is 10.9 Å². The van der Waals surface area contributed by atoms with E-state index in [1.165, 1.54) is 0 Å². The van der Waals surface area contributed by atoms with E-state index in [2.05, 4.69) is 17.6 Å². The Morgan fingerprint density at radius 2 is 2.19 bits per heavy atom. The summed E-state index contributed by atoms with van der Waals surface area (Å²) in [5.74, 6) is 0.416. The molecule has 0 bridgehead atoms. The highest BCUT2D eigenvalue weighted by Gasteiger charge is 2.08. The first kappa shape index (κ1) is 11.0. The zero-order chi connectivity index (χ0) is 11.5. The summed E-state index contributed by atoms with van der Waals surface area (Å²) in [6.07, 6.45) is 1.94. The number of aromatic hydroxyl groups is 1. The largest absolute Gasteiger partial charge is 0.506 e. The van der Waals surface area contributed by atoms with Crippen molar-refractivity contribution in [2.75, 3.05) is 5.75 Å². The second-order valence-electron chi connectivity index (χ2n) is 3.52. The van der Waals surface area contributed by atoms with Crippen molar-refractivity contribution < 1.29 is 9.90 Å². The van der Waals surface area contributed by atoms with Crippen molar-refractivity contribution in [3.05, 3.63) is 36.0 Å². The van der Waals surface area contributed by atoms with Gasteiger partial charge in [0.2, 0.25) is 0 Å². The molecule has 0 saturated carbocycles. The number of phenolic OH excluding ortho intramolecular Hbond substituents is 1. The van der Waals surface area contributed by atoms with E-state index in [0.29, 0.717) is 11.9 Å². The summed E-state index contributed by atoms with van der Waals surface area (Å²) >= 11 is 3.95. The normalized spacial score (nSPS) is 10.6. The van der Waals surface area contributed by atoms with Crippen LogP contribution in [0, 0.1) is 0 Å². The number of benzene rings is 1. The fourth-order valence-electron chi connectivity index (χ4n) is 1.64. The van der Waals surface area contributed by atoms with Gasteiger partial charge < -0.3 is 5.11 Å². The first-order valence-corrected chi connectivity index (χ1v) is 5.53. The van der Waals surface area contributed by atoms with Crippen molar-refractivity contribution >= 4 is 29.3 Å². The summed E-state index contributed by atoms with van der Waals surface area (Å²) in [6.45, 7) is 0. The van der Waals surface area contributed by atoms with E-state index < -0.39 is 0 Å². The standard InChI is InChI=1S/C12H11NO2S/c14-9(7-16)6-8-3-4-11(15)12-10(8)2-1-5-13-12/h1-5,15-16H,6-7H2. The van der Waals surface area contributed by atoms with E-state index in [-0.39, 0.29) is 17.3 Å². The molecule has 1 N–H and O–H groups in total. The fraction of sp³-hybridized carbons (Fsp3) is 0.167. The molecule has 0 aliphatic rings. The molecule has 0 amide bonds. The van der Waals surface area contributed by atoms with E-state index in [1.54, 1.807) is 24.4 Å². The van der Waals surface area contributed by atoms with E-state index in [4.69, 9.17) is 0 Å². The molecule has 1 heterocycles. The lowest BCUT2D eigenvalue weighted by Crippen LogP contribution is -2.04. The maximum Gasteiger partial charge on any atom is 0.146 e. The van der Waals surface area contributed by atoms with Crippen LogP contribution in [-0.4, -0.2) is 21.6 Å². The number of nitrogens with zero attached hydrogens (tertiary/aromatic N) is 1. The molecule has 0 radical (unpaired) electrons. The topological polar surface area (TPSA) is 50.2 Å². The molecule has 1 aromatic heterocycles. The zero-order valence-electron chi connectivity index (χ0n) is 8.55. The van der Waals surface area contributed by atoms with Gasteiger partial charge >= 0.3 is 0 Å². The molecule has 3 nitrogen and oxygen atoms in total. The van der Waals surface area contributed by atoms with E-state index >= 15 is 0 Å². The molecule has 1 aromatic carbocycles. The third kappa shape index (κ3) is 2.02. The maximum atomic E-state index is 11.4. The van der Waals surface area contributed by atoms with Crippen LogP contribution in [0.4, 0.5) is 0 Å². The molecule has 0 atom stereocenters. The van der Waals surface area contributed by atoms with Crippen LogP contribution in [0.5, 0.6) is 5.75 Å². The molecule has 0 aliphatic heterocycles. The van der Waals surface area contributed by atoms with Gasteiger partial charge in [0.1, 0.15) is 17.0 Å². The van der Waals surface area contributed by atoms with Gasteiger partial charge in [-0.15, -0.1) is 0 Å². The minimum Gasteiger partial charge on any atom is -0.506 e. The van der Waals surface area contributed by atoms with Gasteiger partial charge in [0.25, 0.3) is 0 Å². The molecule has 4 heteroatoms. The van der Waals surface area contributed by atoms with Crippen LogP contribution in [0.15, 0.2) is 30.5 Å². The number of pyridine rings is 1. The highest BCUT2D eigenvalue weighted by atomic mass is 32.1. The monoisotopic (exact) mass is 233 g/mol. The molecule has 0 unspecified atom stereocenters. The van der Waals surface area contributed by atoms with Gasteiger partial charge in [-0.25, -0.2) is 0 Å². The van der Waals surface area contributed by atoms with E-state index in [1.807, 2.05) is 6.07 Å². The Labute approximate surface area is 98.5 Å². The lowest BCUT2D eigenvalue weighted by molar-refractivity contribution is -0.115. The van der Waals surface area contributed by atoms with Crippen molar-refractivity contribution in [3.63, 3.8) is 0 Å². The molecule has 0 fully saturated rings. The third-order valence-corrected chi connectivity index (χ3v) is 2.76. The number of aromatic nitrogens is 1. The van der Waals surface area contributed by atoms with Gasteiger partial charge in [0, 0.05) is 23.8 Å². The quantitative estimate of drug-likeness (QED) is 0.797. The summed E-state index contributed by atoms with van der Waals surface area (Å²) in [7, 11) is 0. The number of hydrogen-bond donors (Lipinski definition) is 2. The Kier molecular flexibility index (Phi) is 3.10. The van der Waals surface area contributed by atoms with Crippen LogP contribution in [0.25, 0.3) is 10.9 Å². The molecule has 16 heavy (non-hydrogen) atoms. The number of phenols is 1. The summed E-state index contributed by atoms with van der Waals surface area (Å²) in [4.78, 5) is 15.4. The minimum absolute atomic E-state index is 0.0548. The smallest absolute Gasteiger partial charge is 0.146 e. The van der Waals surface area contributed by atoms with Crippen LogP contribution in [0.2, 0.25) is 0 Å². The van der Waals surface area contributed by atoms with Gasteiger partial charge in [0.05, 0.1) is 0 Å². The third-order valence-electron chi connectivity index (χ3n) is 2.40. The summed E-state index contributed by atoms with van der Waals surface area (Å²) in [5, 5.41) is 10.4. The predicted octanol–water partition coefficient (Wildman–Crippen LogP) is 1.98. The molecular formula is C12H11NO2S. The van der Waals surface area contributed by atoms with Crippen LogP contribution in [0.1, 0.15) is 5.56 Å². The number of hydrogen-bond acceptors (Lipinski definition) is 4. The Morgan fingerprint density at radius 3 is 2.94 bits per heavy atom. The van der Waals surface area contributed by atoms with Crippen molar-refractivity contribution in [3.8, 4) is 5.75 Å². The van der Waals surface area contributed by atoms with E-state index in [9.17, 15) is 9.90 Å². The van der Waals surface area contributed by atoms with Crippen molar-refractivity contribution in [2.45, 2.75) is 6.42 Å². The van der Waals surface area contributed by atoms with Gasteiger partial charge in [-0.05, 0) is 17.7 Å². The number of thiol groups is 1. The molecule has 2 rings (SSSR count). The highest BCUT2D eigenvalue weighted by Crippen LogP contribution is 2.25. The number of Topliss-reactive ketones (excluding diaryl/α,β-unsaturated/α-hetero) is 1. The van der Waals surface area contributed by atoms with Crippen LogP contribution >= 0.6 is 12.6 Å². The van der Waals surface area contributed by atoms with Gasteiger partial charge in [-0.1, -0.05) is 12.1 Å². The first-order valence-electron chi connectivity index (χ1n) is 4.90. The molecule has 0 spiro atoms. The molecule has 0 saturated heterocycles. The maximum absolute atomic E-state index is 11.4. The second kappa shape index (κ2) is 4.53. The average Bonchev–Trinajstić information content (AvgIpc) is 2.33. The number of ketones is 1. The number of fused-ring (bicyclic) bond motifs is 1. The second-order valence-corrected chi connectivity index (χ2v) is 3.83. The summed E-state index contributed by atoms with van der Waals surface area (Å²) in [5.41, 5.74) is 1.41. The number of carbonyl (C=O) groups is 1. The molecule has 2 aromatic rings. The Balaban J connectivity index is 2.54. The van der Waals surface area contributed by atoms with Crippen LogP contribution < -0.4 is 0 Å². The van der Waals surface area contributed by atoms with Gasteiger partial charge in [0.15, 0.2) is 0 Å². The molecule has 0 aliphatic carbocycles. The van der Waals surface area contributed by atoms with Gasteiger partial charge in [-0.2, -0.15) is 12.6 Å². The first-order chi connectivity index (χ1) is 7.72.